The van der Waals surface area contributed by atoms with Crippen molar-refractivity contribution in [3.63, 3.8) is 0 Å². The highest BCUT2D eigenvalue weighted by Gasteiger charge is 2.20. The van der Waals surface area contributed by atoms with E-state index < -0.39 is 5.60 Å². The fraction of sp³-hybridized carbons (Fsp3) is 0.333. The molecule has 4 rings (SSSR count). The quantitative estimate of drug-likeness (QED) is 0.374. The van der Waals surface area contributed by atoms with Crippen LogP contribution in [0, 0.1) is 0 Å². The highest BCUT2D eigenvalue weighted by molar-refractivity contribution is 5.99. The van der Waals surface area contributed by atoms with Crippen molar-refractivity contribution >= 4 is 29.2 Å². The van der Waals surface area contributed by atoms with Crippen molar-refractivity contribution in [1.29, 1.82) is 0 Å². The van der Waals surface area contributed by atoms with Gasteiger partial charge in [0, 0.05) is 25.0 Å². The Morgan fingerprint density at radius 1 is 1.15 bits per heavy atom. The molecule has 0 atom stereocenters. The monoisotopic (exact) mass is 447 g/mol. The number of aliphatic hydroxyl groups is 1. The zero-order valence-electron chi connectivity index (χ0n) is 19.1. The maximum absolute atomic E-state index is 12.6. The van der Waals surface area contributed by atoms with Crippen LogP contribution in [0.1, 0.15) is 48.0 Å². The first-order chi connectivity index (χ1) is 15.8. The smallest absolute Gasteiger partial charge is 0.256 e. The zero-order valence-corrected chi connectivity index (χ0v) is 19.1. The fourth-order valence-electron chi connectivity index (χ4n) is 3.61. The van der Waals surface area contributed by atoms with Gasteiger partial charge in [0.1, 0.15) is 22.8 Å². The van der Waals surface area contributed by atoms with Crippen molar-refractivity contribution < 1.29 is 9.90 Å². The van der Waals surface area contributed by atoms with Gasteiger partial charge in [0.15, 0.2) is 0 Å². The molecule has 0 aliphatic carbocycles. The summed E-state index contributed by atoms with van der Waals surface area (Å²) in [5.74, 6) is 0.848. The number of pyridine rings is 1. The van der Waals surface area contributed by atoms with Crippen molar-refractivity contribution in [3.05, 3.63) is 65.0 Å². The van der Waals surface area contributed by atoms with E-state index in [1.165, 1.54) is 17.3 Å². The second-order valence-electron chi connectivity index (χ2n) is 8.44. The molecule has 172 valence electrons. The number of fused-ring (bicyclic) bond motifs is 1. The molecule has 5 N–H and O–H groups in total. The molecule has 0 saturated heterocycles. The topological polar surface area (TPSA) is 124 Å². The van der Waals surface area contributed by atoms with E-state index >= 15 is 0 Å². The van der Waals surface area contributed by atoms with Crippen LogP contribution >= 0.6 is 0 Å². The number of hydrogen-bond donors (Lipinski definition) is 5. The van der Waals surface area contributed by atoms with Crippen LogP contribution in [0.4, 0.5) is 23.3 Å². The summed E-state index contributed by atoms with van der Waals surface area (Å²) in [4.78, 5) is 26.0. The van der Waals surface area contributed by atoms with Gasteiger partial charge in [-0.1, -0.05) is 12.1 Å². The Labute approximate surface area is 193 Å². The molecule has 1 aliphatic heterocycles. The molecular formula is C24H29N7O2. The van der Waals surface area contributed by atoms with Crippen molar-refractivity contribution in [2.75, 3.05) is 23.7 Å². The zero-order chi connectivity index (χ0) is 23.4. The molecule has 0 spiro atoms. The van der Waals surface area contributed by atoms with Crippen LogP contribution < -0.4 is 21.3 Å². The Balaban J connectivity index is 1.64. The maximum atomic E-state index is 12.6. The highest BCUT2D eigenvalue weighted by Crippen LogP contribution is 2.25. The molecule has 9 heteroatoms. The molecule has 0 unspecified atom stereocenters. The van der Waals surface area contributed by atoms with E-state index in [1.54, 1.807) is 32.0 Å². The summed E-state index contributed by atoms with van der Waals surface area (Å²) in [5, 5.41) is 22.8. The molecule has 2 aromatic heterocycles. The van der Waals surface area contributed by atoms with Gasteiger partial charge in [0.2, 0.25) is 5.95 Å². The number of aromatic nitrogens is 3. The van der Waals surface area contributed by atoms with E-state index in [0.29, 0.717) is 35.4 Å². The number of carbonyl (C=O) groups is 1. The number of nitrogens with one attached hydrogen (secondary N) is 4. The minimum absolute atomic E-state index is 0.287. The first-order valence-corrected chi connectivity index (χ1v) is 11.0. The van der Waals surface area contributed by atoms with Crippen molar-refractivity contribution in [2.24, 2.45) is 0 Å². The van der Waals surface area contributed by atoms with Gasteiger partial charge in [0.25, 0.3) is 5.91 Å². The van der Waals surface area contributed by atoms with E-state index in [4.69, 9.17) is 0 Å². The van der Waals surface area contributed by atoms with Crippen LogP contribution in [-0.2, 0) is 18.6 Å². The van der Waals surface area contributed by atoms with Crippen LogP contribution in [0.3, 0.4) is 0 Å². The summed E-state index contributed by atoms with van der Waals surface area (Å²) in [6.07, 6.45) is 2.50. The number of anilines is 4. The molecule has 0 fully saturated rings. The molecule has 1 aromatic carbocycles. The highest BCUT2D eigenvalue weighted by atomic mass is 16.3. The molecule has 9 nitrogen and oxygen atoms in total. The third-order valence-electron chi connectivity index (χ3n) is 5.34. The lowest BCUT2D eigenvalue weighted by Gasteiger charge is -2.19. The second kappa shape index (κ2) is 9.51. The van der Waals surface area contributed by atoms with Crippen molar-refractivity contribution in [1.82, 2.24) is 25.6 Å². The van der Waals surface area contributed by atoms with Crippen molar-refractivity contribution in [3.8, 4) is 0 Å². The molecule has 33 heavy (non-hydrogen) atoms. The molecule has 0 radical (unpaired) electrons. The summed E-state index contributed by atoms with van der Waals surface area (Å²) in [6.45, 7) is 7.48. The van der Waals surface area contributed by atoms with Crippen molar-refractivity contribution in [2.45, 2.75) is 39.3 Å². The van der Waals surface area contributed by atoms with Crippen LogP contribution in [-0.4, -0.2) is 39.1 Å². The molecule has 1 aliphatic rings. The second-order valence-corrected chi connectivity index (χ2v) is 8.44. The Morgan fingerprint density at radius 2 is 2.00 bits per heavy atom. The number of carbonyl (C=O) groups excluding carboxylic acids is 1. The fourth-order valence-corrected chi connectivity index (χ4v) is 3.61. The lowest BCUT2D eigenvalue weighted by Crippen LogP contribution is -2.24. The minimum atomic E-state index is -1.10. The Kier molecular flexibility index (Phi) is 6.52. The number of nitrogens with zero attached hydrogens (tertiary/aromatic N) is 3. The normalized spacial score (nSPS) is 13.2. The maximum Gasteiger partial charge on any atom is 0.256 e. The molecule has 3 heterocycles. The number of hydrogen-bond acceptors (Lipinski definition) is 8. The average molecular weight is 448 g/mol. The van der Waals surface area contributed by atoms with E-state index in [2.05, 4.69) is 48.4 Å². The first kappa shape index (κ1) is 22.6. The molecule has 0 saturated carbocycles. The van der Waals surface area contributed by atoms with Crippen LogP contribution in [0.25, 0.3) is 0 Å². The van der Waals surface area contributed by atoms with Crippen LogP contribution in [0.5, 0.6) is 0 Å². The lowest BCUT2D eigenvalue weighted by atomic mass is 10.0. The standard InChI is InChI=1S/C24H29N7O2/c1-4-26-22(32)18-14-27-23(28-17-9-8-15-10-11-25-13-16(15)12-17)31-21(18)30-20-7-5-6-19(29-20)24(2,3)33/h5-9,12,14,25,33H,4,10-11,13H2,1-3H3,(H,26,32)(H2,27,28,29,30,31). The van der Waals surface area contributed by atoms with Gasteiger partial charge >= 0.3 is 0 Å². The molecule has 3 aromatic rings. The van der Waals surface area contributed by atoms with Crippen LogP contribution in [0.2, 0.25) is 0 Å². The summed E-state index contributed by atoms with van der Waals surface area (Å²) >= 11 is 0. The summed E-state index contributed by atoms with van der Waals surface area (Å²) in [5.41, 5.74) is 3.16. The third kappa shape index (κ3) is 5.44. The van der Waals surface area contributed by atoms with Gasteiger partial charge in [-0.25, -0.2) is 9.97 Å². The number of amides is 1. The summed E-state index contributed by atoms with van der Waals surface area (Å²) in [6, 6.07) is 11.5. The van der Waals surface area contributed by atoms with Gasteiger partial charge in [0.05, 0.1) is 5.69 Å². The summed E-state index contributed by atoms with van der Waals surface area (Å²) in [7, 11) is 0. The Bertz CT molecular complexity index is 1160. The van der Waals surface area contributed by atoms with Crippen LogP contribution in [0.15, 0.2) is 42.6 Å². The summed E-state index contributed by atoms with van der Waals surface area (Å²) < 4.78 is 0. The van der Waals surface area contributed by atoms with E-state index in [0.717, 1.165) is 25.2 Å². The first-order valence-electron chi connectivity index (χ1n) is 11.0. The Morgan fingerprint density at radius 3 is 2.79 bits per heavy atom. The van der Waals surface area contributed by atoms with Gasteiger partial charge < -0.3 is 26.4 Å². The van der Waals surface area contributed by atoms with Gasteiger partial charge in [-0.15, -0.1) is 0 Å². The number of benzene rings is 1. The van der Waals surface area contributed by atoms with E-state index in [-0.39, 0.29) is 5.91 Å². The minimum Gasteiger partial charge on any atom is -0.384 e. The van der Waals surface area contributed by atoms with Gasteiger partial charge in [-0.2, -0.15) is 4.98 Å². The predicted molar refractivity (Wildman–Crippen MR) is 128 cm³/mol. The van der Waals surface area contributed by atoms with E-state index in [9.17, 15) is 9.90 Å². The van der Waals surface area contributed by atoms with Gasteiger partial charge in [-0.3, -0.25) is 4.79 Å². The van der Waals surface area contributed by atoms with Gasteiger partial charge in [-0.05, 0) is 69.1 Å². The molecular weight excluding hydrogens is 418 g/mol. The SMILES string of the molecule is CCNC(=O)c1cnc(Nc2ccc3c(c2)CNCC3)nc1Nc1cccc(C(C)(C)O)n1. The number of rotatable bonds is 7. The molecule has 0 bridgehead atoms. The largest absolute Gasteiger partial charge is 0.384 e. The lowest BCUT2D eigenvalue weighted by molar-refractivity contribution is 0.0740. The van der Waals surface area contributed by atoms with E-state index in [1.807, 2.05) is 13.0 Å². The predicted octanol–water partition coefficient (Wildman–Crippen LogP) is 2.98. The molecule has 1 amide bonds. The average Bonchev–Trinajstić information content (AvgIpc) is 2.79. The third-order valence-corrected chi connectivity index (χ3v) is 5.34. The Hall–Kier alpha value is -3.56.